The maximum Gasteiger partial charge on any atom is 0.357 e. The van der Waals surface area contributed by atoms with E-state index in [0.717, 1.165) is 12.0 Å². The van der Waals surface area contributed by atoms with Gasteiger partial charge in [0.1, 0.15) is 6.07 Å². The van der Waals surface area contributed by atoms with Crippen molar-refractivity contribution in [2.45, 2.75) is 26.7 Å². The zero-order valence-electron chi connectivity index (χ0n) is 14.4. The van der Waals surface area contributed by atoms with Crippen LogP contribution in [0, 0.1) is 18.3 Å². The number of hydrogen-bond acceptors (Lipinski definition) is 5. The highest BCUT2D eigenvalue weighted by Gasteiger charge is 2.22. The van der Waals surface area contributed by atoms with Gasteiger partial charge >= 0.3 is 5.97 Å². The van der Waals surface area contributed by atoms with Crippen molar-refractivity contribution in [2.24, 2.45) is 0 Å². The fourth-order valence-electron chi connectivity index (χ4n) is 2.50. The molecule has 2 rings (SSSR count). The van der Waals surface area contributed by atoms with E-state index < -0.39 is 5.97 Å². The van der Waals surface area contributed by atoms with Crippen LogP contribution in [-0.4, -0.2) is 23.6 Å². The van der Waals surface area contributed by atoms with E-state index in [4.69, 9.17) is 15.7 Å². The number of nitriles is 1. The molecule has 130 valence electrons. The van der Waals surface area contributed by atoms with Crippen molar-refractivity contribution in [3.8, 4) is 11.8 Å². The molecule has 1 aromatic heterocycles. The third kappa shape index (κ3) is 3.63. The van der Waals surface area contributed by atoms with Crippen LogP contribution in [0.3, 0.4) is 0 Å². The highest BCUT2D eigenvalue weighted by atomic mass is 16.5. The van der Waals surface area contributed by atoms with Gasteiger partial charge in [-0.15, -0.1) is 0 Å². The first-order valence-electron chi connectivity index (χ1n) is 7.83. The molecule has 1 amide bonds. The van der Waals surface area contributed by atoms with Gasteiger partial charge < -0.3 is 20.4 Å². The van der Waals surface area contributed by atoms with Crippen molar-refractivity contribution in [1.29, 1.82) is 5.26 Å². The van der Waals surface area contributed by atoms with Gasteiger partial charge in [-0.25, -0.2) is 4.79 Å². The molecule has 0 aliphatic rings. The molecule has 0 atom stereocenters. The minimum Gasteiger partial charge on any atom is -0.464 e. The number of esters is 1. The average Bonchev–Trinajstić information content (AvgIpc) is 2.92. The molecule has 7 heteroatoms. The van der Waals surface area contributed by atoms with Crippen LogP contribution in [0.4, 0.5) is 11.4 Å². The maximum absolute atomic E-state index is 12.0. The SMILES string of the molecule is CCCC(=O)Nc1ccc(-n2cc(C#N)c(N)c2C(=O)OC)cc1C. The van der Waals surface area contributed by atoms with E-state index in [1.54, 1.807) is 18.2 Å². The molecule has 0 fully saturated rings. The fourth-order valence-corrected chi connectivity index (χ4v) is 2.50. The van der Waals surface area contributed by atoms with Crippen molar-refractivity contribution >= 4 is 23.3 Å². The number of carbonyl (C=O) groups is 2. The summed E-state index contributed by atoms with van der Waals surface area (Å²) in [5.41, 5.74) is 8.42. The number of nitrogens with zero attached hydrogens (tertiary/aromatic N) is 2. The zero-order chi connectivity index (χ0) is 18.6. The summed E-state index contributed by atoms with van der Waals surface area (Å²) in [6.45, 7) is 3.79. The number of carbonyl (C=O) groups excluding carboxylic acids is 2. The molecule has 0 bridgehead atoms. The number of nitrogens with two attached hydrogens (primary N) is 1. The topological polar surface area (TPSA) is 110 Å². The number of nitrogens with one attached hydrogen (secondary N) is 1. The molecule has 25 heavy (non-hydrogen) atoms. The number of benzene rings is 1. The Hall–Kier alpha value is -3.27. The summed E-state index contributed by atoms with van der Waals surface area (Å²) >= 11 is 0. The van der Waals surface area contributed by atoms with E-state index in [9.17, 15) is 9.59 Å². The second-order valence-corrected chi connectivity index (χ2v) is 5.58. The first-order valence-corrected chi connectivity index (χ1v) is 7.83. The van der Waals surface area contributed by atoms with Crippen molar-refractivity contribution < 1.29 is 14.3 Å². The number of ether oxygens (including phenoxy) is 1. The Morgan fingerprint density at radius 3 is 2.68 bits per heavy atom. The van der Waals surface area contributed by atoms with Gasteiger partial charge in [0, 0.05) is 24.0 Å². The van der Waals surface area contributed by atoms with E-state index in [1.165, 1.54) is 17.9 Å². The van der Waals surface area contributed by atoms with E-state index in [0.29, 0.717) is 17.8 Å². The second-order valence-electron chi connectivity index (χ2n) is 5.58. The molecule has 7 nitrogen and oxygen atoms in total. The summed E-state index contributed by atoms with van der Waals surface area (Å²) in [5, 5.41) is 12.0. The molecule has 0 aliphatic carbocycles. The Bertz CT molecular complexity index is 862. The monoisotopic (exact) mass is 340 g/mol. The van der Waals surface area contributed by atoms with Crippen LogP contribution in [-0.2, 0) is 9.53 Å². The van der Waals surface area contributed by atoms with Gasteiger partial charge in [0.15, 0.2) is 5.69 Å². The molecule has 1 heterocycles. The van der Waals surface area contributed by atoms with E-state index >= 15 is 0 Å². The first kappa shape index (κ1) is 18.1. The quantitative estimate of drug-likeness (QED) is 0.813. The van der Waals surface area contributed by atoms with Gasteiger partial charge in [0.25, 0.3) is 0 Å². The van der Waals surface area contributed by atoms with Gasteiger partial charge in [0.05, 0.1) is 18.4 Å². The number of methoxy groups -OCH3 is 1. The van der Waals surface area contributed by atoms with Crippen LogP contribution in [0.2, 0.25) is 0 Å². The number of hydrogen-bond donors (Lipinski definition) is 2. The van der Waals surface area contributed by atoms with E-state index in [-0.39, 0.29) is 22.9 Å². The minimum absolute atomic E-state index is 0.0504. The molecule has 0 saturated heterocycles. The molecular formula is C18H20N4O3. The van der Waals surface area contributed by atoms with Gasteiger partial charge in [-0.05, 0) is 37.1 Å². The lowest BCUT2D eigenvalue weighted by atomic mass is 10.1. The predicted molar refractivity (Wildman–Crippen MR) is 94.5 cm³/mol. The Labute approximate surface area is 146 Å². The van der Waals surface area contributed by atoms with Gasteiger partial charge in [-0.1, -0.05) is 6.92 Å². The molecule has 0 saturated carbocycles. The lowest BCUT2D eigenvalue weighted by molar-refractivity contribution is -0.116. The number of anilines is 2. The molecular weight excluding hydrogens is 320 g/mol. The number of rotatable bonds is 5. The van der Waals surface area contributed by atoms with Crippen molar-refractivity contribution in [1.82, 2.24) is 4.57 Å². The Morgan fingerprint density at radius 1 is 1.40 bits per heavy atom. The molecule has 0 radical (unpaired) electrons. The Balaban J connectivity index is 2.46. The van der Waals surface area contributed by atoms with Crippen molar-refractivity contribution in [2.75, 3.05) is 18.2 Å². The highest BCUT2D eigenvalue weighted by Crippen LogP contribution is 2.27. The summed E-state index contributed by atoms with van der Waals surface area (Å²) in [5.74, 6) is -0.678. The van der Waals surface area contributed by atoms with Crippen molar-refractivity contribution in [3.05, 3.63) is 41.2 Å². The molecule has 0 spiro atoms. The number of nitrogen functional groups attached to an aromatic ring is 1. The van der Waals surface area contributed by atoms with Crippen LogP contribution in [0.5, 0.6) is 0 Å². The summed E-state index contributed by atoms with van der Waals surface area (Å²) in [7, 11) is 1.25. The summed E-state index contributed by atoms with van der Waals surface area (Å²) in [6, 6.07) is 7.25. The zero-order valence-corrected chi connectivity index (χ0v) is 14.4. The highest BCUT2D eigenvalue weighted by molar-refractivity contribution is 5.96. The second kappa shape index (κ2) is 7.53. The third-order valence-electron chi connectivity index (χ3n) is 3.78. The molecule has 0 unspecified atom stereocenters. The van der Waals surface area contributed by atoms with Crippen LogP contribution in [0.1, 0.15) is 41.4 Å². The summed E-state index contributed by atoms with van der Waals surface area (Å²) in [6.07, 6.45) is 2.71. The summed E-state index contributed by atoms with van der Waals surface area (Å²) < 4.78 is 6.28. The number of aromatic nitrogens is 1. The standard InChI is InChI=1S/C18H20N4O3/c1-4-5-15(23)21-14-7-6-13(8-11(14)2)22-10-12(9-19)16(20)17(22)18(24)25-3/h6-8,10H,4-5,20H2,1-3H3,(H,21,23). The van der Waals surface area contributed by atoms with Gasteiger partial charge in [0.2, 0.25) is 5.91 Å². The lowest BCUT2D eigenvalue weighted by Gasteiger charge is -2.12. The van der Waals surface area contributed by atoms with Crippen LogP contribution in [0.25, 0.3) is 5.69 Å². The van der Waals surface area contributed by atoms with Crippen LogP contribution in [0.15, 0.2) is 24.4 Å². The third-order valence-corrected chi connectivity index (χ3v) is 3.78. The van der Waals surface area contributed by atoms with Gasteiger partial charge in [-0.2, -0.15) is 5.26 Å². The van der Waals surface area contributed by atoms with Crippen LogP contribution >= 0.6 is 0 Å². The number of aryl methyl sites for hydroxylation is 1. The average molecular weight is 340 g/mol. The van der Waals surface area contributed by atoms with Crippen LogP contribution < -0.4 is 11.1 Å². The Morgan fingerprint density at radius 2 is 2.12 bits per heavy atom. The molecule has 3 N–H and O–H groups in total. The predicted octanol–water partition coefficient (Wildman–Crippen LogP) is 2.76. The lowest BCUT2D eigenvalue weighted by Crippen LogP contribution is -2.13. The van der Waals surface area contributed by atoms with E-state index in [1.807, 2.05) is 19.9 Å². The molecule has 0 aliphatic heterocycles. The molecule has 1 aromatic carbocycles. The Kier molecular flexibility index (Phi) is 5.45. The minimum atomic E-state index is -0.628. The van der Waals surface area contributed by atoms with E-state index in [2.05, 4.69) is 5.32 Å². The first-order chi connectivity index (χ1) is 11.9. The molecule has 2 aromatic rings. The van der Waals surface area contributed by atoms with Gasteiger partial charge in [-0.3, -0.25) is 4.79 Å². The number of amides is 1. The maximum atomic E-state index is 12.0. The smallest absolute Gasteiger partial charge is 0.357 e. The largest absolute Gasteiger partial charge is 0.464 e. The van der Waals surface area contributed by atoms with Crippen molar-refractivity contribution in [3.63, 3.8) is 0 Å². The summed E-state index contributed by atoms with van der Waals surface area (Å²) in [4.78, 5) is 23.8. The fraction of sp³-hybridized carbons (Fsp3) is 0.278. The normalized spacial score (nSPS) is 10.2.